The van der Waals surface area contributed by atoms with E-state index in [9.17, 15) is 14.4 Å². The number of likely N-dealkylation sites (tertiary alicyclic amines) is 1. The van der Waals surface area contributed by atoms with Gasteiger partial charge in [0.2, 0.25) is 5.91 Å². The minimum Gasteiger partial charge on any atom is -0.465 e. The van der Waals surface area contributed by atoms with Gasteiger partial charge in [0.15, 0.2) is 0 Å². The maximum absolute atomic E-state index is 13.0. The molecule has 0 radical (unpaired) electrons. The summed E-state index contributed by atoms with van der Waals surface area (Å²) in [6, 6.07) is 6.93. The van der Waals surface area contributed by atoms with Crippen LogP contribution in [-0.2, 0) is 16.1 Å². The number of piperidine rings is 1. The first-order valence-corrected chi connectivity index (χ1v) is 11.4. The summed E-state index contributed by atoms with van der Waals surface area (Å²) in [5.41, 5.74) is 2.36. The van der Waals surface area contributed by atoms with Crippen LogP contribution in [-0.4, -0.2) is 52.9 Å². The second kappa shape index (κ2) is 11.9. The van der Waals surface area contributed by atoms with E-state index in [2.05, 4.69) is 21.2 Å². The molecule has 8 heteroatoms. The number of terminal acetylenes is 1. The number of nitrogens with zero attached hydrogens (tertiary/aromatic N) is 3. The zero-order valence-electron chi connectivity index (χ0n) is 19.7. The van der Waals surface area contributed by atoms with Crippen molar-refractivity contribution in [1.29, 1.82) is 0 Å². The van der Waals surface area contributed by atoms with Gasteiger partial charge in [-0.15, -0.1) is 12.3 Å². The molecule has 1 aromatic carbocycles. The lowest BCUT2D eigenvalue weighted by Gasteiger charge is -2.32. The summed E-state index contributed by atoms with van der Waals surface area (Å²) in [7, 11) is 1.33. The summed E-state index contributed by atoms with van der Waals surface area (Å²) < 4.78 is 4.75. The molecule has 2 amide bonds. The minimum atomic E-state index is -0.428. The van der Waals surface area contributed by atoms with E-state index >= 15 is 0 Å². The number of benzene rings is 1. The SMILES string of the molecule is C#CCCCC(=O)N1CCC(c2nc(C)ncc2C(=O)NCc2cccc(C(=O)OC)c2)CC1. The van der Waals surface area contributed by atoms with Crippen LogP contribution in [0.5, 0.6) is 0 Å². The van der Waals surface area contributed by atoms with E-state index in [0.717, 1.165) is 18.4 Å². The zero-order valence-corrected chi connectivity index (χ0v) is 19.7. The predicted octanol–water partition coefficient (Wildman–Crippen LogP) is 3.01. The highest BCUT2D eigenvalue weighted by molar-refractivity contribution is 5.95. The number of methoxy groups -OCH3 is 1. The number of aromatic nitrogens is 2. The maximum atomic E-state index is 13.0. The number of nitrogens with one attached hydrogen (secondary N) is 1. The second-order valence-corrected chi connectivity index (χ2v) is 8.30. The summed E-state index contributed by atoms with van der Waals surface area (Å²) in [6.45, 7) is 3.31. The van der Waals surface area contributed by atoms with Gasteiger partial charge in [0.1, 0.15) is 5.82 Å². The van der Waals surface area contributed by atoms with Gasteiger partial charge in [0.05, 0.1) is 23.9 Å². The number of unbranched alkanes of at least 4 members (excludes halogenated alkanes) is 1. The van der Waals surface area contributed by atoms with E-state index in [0.29, 0.717) is 55.0 Å². The summed E-state index contributed by atoms with van der Waals surface area (Å²) in [4.78, 5) is 47.9. The van der Waals surface area contributed by atoms with Crippen molar-refractivity contribution in [2.45, 2.75) is 51.5 Å². The standard InChI is InChI=1S/C26H30N4O4/c1-4-5-6-10-23(31)30-13-11-20(12-14-30)24-22(17-27-18(2)29-24)25(32)28-16-19-8-7-9-21(15-19)26(33)34-3/h1,7-9,15,17,20H,5-6,10-14,16H2,2-3H3,(H,28,32). The van der Waals surface area contributed by atoms with Crippen LogP contribution in [0.1, 0.15) is 75.8 Å². The Morgan fingerprint density at radius 3 is 2.74 bits per heavy atom. The highest BCUT2D eigenvalue weighted by Gasteiger charge is 2.28. The number of esters is 1. The fourth-order valence-electron chi connectivity index (χ4n) is 4.08. The molecule has 3 rings (SSSR count). The fraction of sp³-hybridized carbons (Fsp3) is 0.423. The Kier molecular flexibility index (Phi) is 8.74. The van der Waals surface area contributed by atoms with Gasteiger partial charge in [-0.3, -0.25) is 9.59 Å². The van der Waals surface area contributed by atoms with Gasteiger partial charge in [0, 0.05) is 44.6 Å². The highest BCUT2D eigenvalue weighted by Crippen LogP contribution is 2.29. The molecule has 1 aliphatic heterocycles. The van der Waals surface area contributed by atoms with E-state index in [4.69, 9.17) is 11.2 Å². The summed E-state index contributed by atoms with van der Waals surface area (Å²) >= 11 is 0. The molecule has 1 fully saturated rings. The van der Waals surface area contributed by atoms with Crippen LogP contribution < -0.4 is 5.32 Å². The number of amides is 2. The van der Waals surface area contributed by atoms with E-state index in [1.807, 2.05) is 11.0 Å². The summed E-state index contributed by atoms with van der Waals surface area (Å²) in [5.74, 6) is 2.66. The van der Waals surface area contributed by atoms with Gasteiger partial charge in [-0.1, -0.05) is 12.1 Å². The first kappa shape index (κ1) is 24.9. The molecule has 0 atom stereocenters. The first-order valence-electron chi connectivity index (χ1n) is 11.4. The van der Waals surface area contributed by atoms with E-state index in [1.165, 1.54) is 7.11 Å². The van der Waals surface area contributed by atoms with Gasteiger partial charge in [-0.25, -0.2) is 14.8 Å². The Labute approximate surface area is 200 Å². The van der Waals surface area contributed by atoms with E-state index in [1.54, 1.807) is 31.3 Å². The van der Waals surface area contributed by atoms with Crippen LogP contribution in [0.3, 0.4) is 0 Å². The van der Waals surface area contributed by atoms with Crippen molar-refractivity contribution in [1.82, 2.24) is 20.2 Å². The monoisotopic (exact) mass is 462 g/mol. The molecule has 34 heavy (non-hydrogen) atoms. The third-order valence-corrected chi connectivity index (χ3v) is 5.93. The number of hydrogen-bond acceptors (Lipinski definition) is 6. The quantitative estimate of drug-likeness (QED) is 0.368. The zero-order chi connectivity index (χ0) is 24.5. The summed E-state index contributed by atoms with van der Waals surface area (Å²) in [5, 5.41) is 2.90. The number of hydrogen-bond donors (Lipinski definition) is 1. The highest BCUT2D eigenvalue weighted by atomic mass is 16.5. The average molecular weight is 463 g/mol. The van der Waals surface area contributed by atoms with E-state index < -0.39 is 5.97 Å². The molecule has 0 bridgehead atoms. The van der Waals surface area contributed by atoms with Crippen molar-refractivity contribution in [2.75, 3.05) is 20.2 Å². The molecule has 1 saturated heterocycles. The van der Waals surface area contributed by atoms with Crippen LogP contribution >= 0.6 is 0 Å². The number of carbonyl (C=O) groups is 3. The van der Waals surface area contributed by atoms with Crippen LogP contribution in [0.15, 0.2) is 30.5 Å². The van der Waals surface area contributed by atoms with Gasteiger partial charge in [-0.2, -0.15) is 0 Å². The predicted molar refractivity (Wildman–Crippen MR) is 127 cm³/mol. The number of ether oxygens (including phenoxy) is 1. The van der Waals surface area contributed by atoms with Crippen molar-refractivity contribution >= 4 is 17.8 Å². The van der Waals surface area contributed by atoms with Crippen molar-refractivity contribution in [3.05, 3.63) is 58.7 Å². The maximum Gasteiger partial charge on any atom is 0.337 e. The van der Waals surface area contributed by atoms with Gasteiger partial charge >= 0.3 is 5.97 Å². The molecule has 0 spiro atoms. The Hall–Kier alpha value is -3.73. The lowest BCUT2D eigenvalue weighted by atomic mass is 9.90. The number of carbonyl (C=O) groups excluding carboxylic acids is 3. The largest absolute Gasteiger partial charge is 0.465 e. The molecule has 8 nitrogen and oxygen atoms in total. The number of rotatable bonds is 8. The lowest BCUT2D eigenvalue weighted by molar-refractivity contribution is -0.132. The molecular formula is C26H30N4O4. The Bertz CT molecular complexity index is 1080. The van der Waals surface area contributed by atoms with Gasteiger partial charge < -0.3 is 15.0 Å². The Morgan fingerprint density at radius 2 is 2.03 bits per heavy atom. The number of aryl methyl sites for hydroxylation is 1. The molecule has 0 aliphatic carbocycles. The third kappa shape index (κ3) is 6.41. The lowest BCUT2D eigenvalue weighted by Crippen LogP contribution is -2.38. The van der Waals surface area contributed by atoms with Crippen molar-refractivity contribution in [3.63, 3.8) is 0 Å². The first-order chi connectivity index (χ1) is 16.4. The minimum absolute atomic E-state index is 0.0693. The Morgan fingerprint density at radius 1 is 1.26 bits per heavy atom. The molecule has 0 saturated carbocycles. The fourth-order valence-corrected chi connectivity index (χ4v) is 4.08. The normalized spacial score (nSPS) is 13.7. The Balaban J connectivity index is 1.65. The van der Waals surface area contributed by atoms with Crippen LogP contribution in [0.2, 0.25) is 0 Å². The smallest absolute Gasteiger partial charge is 0.337 e. The van der Waals surface area contributed by atoms with Crippen molar-refractivity contribution < 1.29 is 19.1 Å². The van der Waals surface area contributed by atoms with E-state index in [-0.39, 0.29) is 24.3 Å². The molecule has 2 aromatic rings. The molecule has 2 heterocycles. The van der Waals surface area contributed by atoms with Gasteiger partial charge in [0.25, 0.3) is 5.91 Å². The molecule has 0 unspecified atom stereocenters. The van der Waals surface area contributed by atoms with Crippen molar-refractivity contribution in [3.8, 4) is 12.3 Å². The summed E-state index contributed by atoms with van der Waals surface area (Å²) in [6.07, 6.45) is 10.1. The van der Waals surface area contributed by atoms with Crippen LogP contribution in [0.25, 0.3) is 0 Å². The van der Waals surface area contributed by atoms with Gasteiger partial charge in [-0.05, 0) is 43.9 Å². The molecule has 1 N–H and O–H groups in total. The van der Waals surface area contributed by atoms with Crippen LogP contribution in [0.4, 0.5) is 0 Å². The molecule has 1 aromatic heterocycles. The average Bonchev–Trinajstić information content (AvgIpc) is 2.87. The molecular weight excluding hydrogens is 432 g/mol. The topological polar surface area (TPSA) is 101 Å². The van der Waals surface area contributed by atoms with Crippen molar-refractivity contribution in [2.24, 2.45) is 0 Å². The third-order valence-electron chi connectivity index (χ3n) is 5.93. The van der Waals surface area contributed by atoms with Crippen LogP contribution in [0, 0.1) is 19.3 Å². The molecule has 1 aliphatic rings. The second-order valence-electron chi connectivity index (χ2n) is 8.30. The molecule has 178 valence electrons.